The molecule has 0 spiro atoms. The second-order valence-electron chi connectivity index (χ2n) is 9.88. The molecule has 44 heavy (non-hydrogen) atoms. The summed E-state index contributed by atoms with van der Waals surface area (Å²) in [5.74, 6) is -0.294. The van der Waals surface area contributed by atoms with Crippen molar-refractivity contribution >= 4 is 35.2 Å². The lowest BCUT2D eigenvalue weighted by molar-refractivity contribution is -0.139. The van der Waals surface area contributed by atoms with Crippen LogP contribution in [0.15, 0.2) is 60.7 Å². The van der Waals surface area contributed by atoms with E-state index in [-0.39, 0.29) is 32.5 Å². The first-order chi connectivity index (χ1) is 21.1. The van der Waals surface area contributed by atoms with Crippen LogP contribution in [0, 0.1) is 6.92 Å². The number of aryl methyl sites for hydroxylation is 1. The molecule has 0 aliphatic heterocycles. The Balaban J connectivity index is 1.57. The Morgan fingerprint density at radius 3 is 2.11 bits per heavy atom. The third-order valence-electron chi connectivity index (χ3n) is 6.74. The molecule has 0 saturated carbocycles. The molecule has 3 aromatic rings. The van der Waals surface area contributed by atoms with Crippen molar-refractivity contribution in [2.45, 2.75) is 26.2 Å². The molecule has 234 valence electrons. The van der Waals surface area contributed by atoms with Gasteiger partial charge in [0, 0.05) is 24.8 Å². The zero-order chi connectivity index (χ0) is 32.1. The Kier molecular flexibility index (Phi) is 12.4. The van der Waals surface area contributed by atoms with Crippen LogP contribution in [-0.4, -0.2) is 74.8 Å². The first-order valence-electron chi connectivity index (χ1n) is 13.9. The fourth-order valence-corrected chi connectivity index (χ4v) is 4.34. The summed E-state index contributed by atoms with van der Waals surface area (Å²) in [7, 11) is 4.53. The van der Waals surface area contributed by atoms with Crippen molar-refractivity contribution in [2.24, 2.45) is 0 Å². The third-order valence-corrected chi connectivity index (χ3v) is 6.74. The predicted molar refractivity (Wildman–Crippen MR) is 166 cm³/mol. The normalized spacial score (nSPS) is 10.4. The molecule has 0 heterocycles. The number of para-hydroxylation sites is 1. The largest absolute Gasteiger partial charge is 0.497 e. The maximum Gasteiger partial charge on any atom is 0.323 e. The van der Waals surface area contributed by atoms with Gasteiger partial charge in [-0.1, -0.05) is 24.3 Å². The number of carbonyl (C=O) groups is 4. The van der Waals surface area contributed by atoms with Crippen LogP contribution in [0.1, 0.15) is 23.1 Å². The molecule has 12 nitrogen and oxygen atoms in total. The van der Waals surface area contributed by atoms with E-state index in [1.165, 1.54) is 26.2 Å². The molecule has 0 fully saturated rings. The summed E-state index contributed by atoms with van der Waals surface area (Å²) in [5, 5.41) is 17.3. The number of carboxylic acids is 1. The smallest absolute Gasteiger partial charge is 0.323 e. The van der Waals surface area contributed by atoms with Crippen LogP contribution in [0.4, 0.5) is 16.2 Å². The summed E-state index contributed by atoms with van der Waals surface area (Å²) in [6, 6.07) is 17.2. The number of nitrogens with zero attached hydrogens (tertiary/aromatic N) is 1. The van der Waals surface area contributed by atoms with E-state index < -0.39 is 23.8 Å². The third kappa shape index (κ3) is 10.2. The molecule has 0 bridgehead atoms. The van der Waals surface area contributed by atoms with E-state index in [0.29, 0.717) is 40.6 Å². The number of benzene rings is 3. The highest BCUT2D eigenvalue weighted by atomic mass is 16.5. The number of anilines is 2. The summed E-state index contributed by atoms with van der Waals surface area (Å²) in [4.78, 5) is 50.8. The summed E-state index contributed by atoms with van der Waals surface area (Å²) >= 11 is 0. The number of carbonyl (C=O) groups excluding carboxylic acids is 3. The van der Waals surface area contributed by atoms with Crippen molar-refractivity contribution in [1.29, 1.82) is 0 Å². The highest BCUT2D eigenvalue weighted by molar-refractivity contribution is 6.01. The van der Waals surface area contributed by atoms with Gasteiger partial charge in [-0.2, -0.15) is 0 Å². The Morgan fingerprint density at radius 2 is 1.48 bits per heavy atom. The van der Waals surface area contributed by atoms with Crippen LogP contribution in [0.25, 0.3) is 0 Å². The molecule has 4 N–H and O–H groups in total. The fourth-order valence-electron chi connectivity index (χ4n) is 4.34. The van der Waals surface area contributed by atoms with Gasteiger partial charge < -0.3 is 40.2 Å². The highest BCUT2D eigenvalue weighted by Gasteiger charge is 2.17. The molecule has 0 saturated heterocycles. The average Bonchev–Trinajstić information content (AvgIpc) is 3.01. The molecule has 0 radical (unpaired) electrons. The van der Waals surface area contributed by atoms with Crippen molar-refractivity contribution in [3.8, 4) is 17.2 Å². The first-order valence-corrected chi connectivity index (χ1v) is 13.9. The topological polar surface area (TPSA) is 156 Å². The van der Waals surface area contributed by atoms with E-state index in [0.717, 1.165) is 11.1 Å². The van der Waals surface area contributed by atoms with Gasteiger partial charge in [-0.3, -0.25) is 14.4 Å². The van der Waals surface area contributed by atoms with Gasteiger partial charge >= 0.3 is 12.0 Å². The van der Waals surface area contributed by atoms with E-state index in [1.807, 2.05) is 37.3 Å². The van der Waals surface area contributed by atoms with E-state index >= 15 is 0 Å². The van der Waals surface area contributed by atoms with Crippen LogP contribution >= 0.6 is 0 Å². The molecule has 4 amide bonds. The molecule has 0 unspecified atom stereocenters. The van der Waals surface area contributed by atoms with Crippen LogP contribution in [0.3, 0.4) is 0 Å². The SMILES string of the molecule is COc1cc(CCN(CCC(=O)O)C(=O)CNC(=O)Cc2ccc(NC(=O)Nc3ccccc3C)c(OC)c2)cc(OC)c1. The Bertz CT molecular complexity index is 1450. The van der Waals surface area contributed by atoms with Gasteiger partial charge in [0.05, 0.1) is 46.4 Å². The second-order valence-corrected chi connectivity index (χ2v) is 9.88. The number of urea groups is 1. The maximum absolute atomic E-state index is 13.0. The Hall–Kier alpha value is -5.26. The van der Waals surface area contributed by atoms with Crippen LogP contribution in [-0.2, 0) is 27.2 Å². The van der Waals surface area contributed by atoms with Gasteiger partial charge in [0.25, 0.3) is 0 Å². The van der Waals surface area contributed by atoms with E-state index in [4.69, 9.17) is 19.3 Å². The Labute approximate surface area is 256 Å². The van der Waals surface area contributed by atoms with Gasteiger partial charge in [0.15, 0.2) is 0 Å². The predicted octanol–water partition coefficient (Wildman–Crippen LogP) is 3.87. The van der Waals surface area contributed by atoms with Crippen molar-refractivity contribution in [2.75, 3.05) is 51.6 Å². The maximum atomic E-state index is 13.0. The van der Waals surface area contributed by atoms with Crippen molar-refractivity contribution < 1.29 is 38.5 Å². The minimum Gasteiger partial charge on any atom is -0.497 e. The highest BCUT2D eigenvalue weighted by Crippen LogP contribution is 2.26. The molecule has 0 aliphatic rings. The van der Waals surface area contributed by atoms with Gasteiger partial charge in [-0.25, -0.2) is 4.79 Å². The molecule has 0 aliphatic carbocycles. The van der Waals surface area contributed by atoms with E-state index in [1.54, 1.807) is 30.3 Å². The average molecular weight is 607 g/mol. The lowest BCUT2D eigenvalue weighted by Gasteiger charge is -2.22. The number of hydrogen-bond acceptors (Lipinski definition) is 7. The number of carboxylic acid groups (broad SMARTS) is 1. The fraction of sp³-hybridized carbons (Fsp3) is 0.312. The number of ether oxygens (including phenoxy) is 3. The molecular formula is C32H38N4O8. The number of rotatable bonds is 15. The van der Waals surface area contributed by atoms with Gasteiger partial charge in [0.1, 0.15) is 17.2 Å². The minimum atomic E-state index is -1.03. The summed E-state index contributed by atoms with van der Waals surface area (Å²) in [5.41, 5.74) is 3.45. The number of amides is 4. The van der Waals surface area contributed by atoms with E-state index in [2.05, 4.69) is 16.0 Å². The monoisotopic (exact) mass is 606 g/mol. The van der Waals surface area contributed by atoms with Gasteiger partial charge in [-0.05, 0) is 60.4 Å². The standard InChI is InChI=1S/C32H38N4O8/c1-21-7-5-6-8-26(21)34-32(41)35-27-10-9-22(17-28(27)44-4)18-29(37)33-20-30(38)36(14-12-31(39)40)13-11-23-15-24(42-2)19-25(16-23)43-3/h5-10,15-17,19H,11-14,18,20H2,1-4H3,(H,33,37)(H,39,40)(H2,34,35,41). The van der Waals surface area contributed by atoms with Crippen molar-refractivity contribution in [3.05, 3.63) is 77.4 Å². The van der Waals surface area contributed by atoms with Gasteiger partial charge in [0.2, 0.25) is 11.8 Å². The molecule has 0 atom stereocenters. The van der Waals surface area contributed by atoms with E-state index in [9.17, 15) is 19.2 Å². The second kappa shape index (κ2) is 16.4. The Morgan fingerprint density at radius 1 is 0.795 bits per heavy atom. The van der Waals surface area contributed by atoms with Gasteiger partial charge in [-0.15, -0.1) is 0 Å². The number of aliphatic carboxylic acids is 1. The number of nitrogens with one attached hydrogen (secondary N) is 3. The lowest BCUT2D eigenvalue weighted by atomic mass is 10.1. The zero-order valence-electron chi connectivity index (χ0n) is 25.3. The molecule has 3 aromatic carbocycles. The summed E-state index contributed by atoms with van der Waals surface area (Å²) in [6.07, 6.45) is 0.151. The number of methoxy groups -OCH3 is 3. The quantitative estimate of drug-likeness (QED) is 0.203. The van der Waals surface area contributed by atoms with Crippen LogP contribution in [0.2, 0.25) is 0 Å². The number of hydrogen-bond donors (Lipinski definition) is 4. The molecular weight excluding hydrogens is 568 g/mol. The van der Waals surface area contributed by atoms with Crippen LogP contribution < -0.4 is 30.2 Å². The summed E-state index contributed by atoms with van der Waals surface area (Å²) < 4.78 is 16.0. The molecule has 0 aromatic heterocycles. The van der Waals surface area contributed by atoms with Crippen LogP contribution in [0.5, 0.6) is 17.2 Å². The zero-order valence-corrected chi connectivity index (χ0v) is 25.3. The first kappa shape index (κ1) is 33.2. The molecule has 3 rings (SSSR count). The van der Waals surface area contributed by atoms with Crippen molar-refractivity contribution in [1.82, 2.24) is 10.2 Å². The minimum absolute atomic E-state index is 0.00573. The summed E-state index contributed by atoms with van der Waals surface area (Å²) in [6.45, 7) is 1.82. The lowest BCUT2D eigenvalue weighted by Crippen LogP contribution is -2.42. The van der Waals surface area contributed by atoms with Crippen molar-refractivity contribution in [3.63, 3.8) is 0 Å². The molecule has 12 heteroatoms.